The molecule has 0 spiro atoms. The Morgan fingerprint density at radius 2 is 1.95 bits per heavy atom. The summed E-state index contributed by atoms with van der Waals surface area (Å²) in [5, 5.41) is 0.831. The molecular formula is C16H17NO4. The van der Waals surface area contributed by atoms with Gasteiger partial charge in [-0.25, -0.2) is 0 Å². The monoisotopic (exact) mass is 287 g/mol. The van der Waals surface area contributed by atoms with Crippen LogP contribution in [0.4, 0.5) is 0 Å². The number of carbonyl (C=O) groups excluding carboxylic acids is 2. The summed E-state index contributed by atoms with van der Waals surface area (Å²) in [4.78, 5) is 25.9. The van der Waals surface area contributed by atoms with E-state index in [1.807, 2.05) is 24.3 Å². The highest BCUT2D eigenvalue weighted by molar-refractivity contribution is 6.05. The first kappa shape index (κ1) is 13.7. The van der Waals surface area contributed by atoms with Gasteiger partial charge in [0.2, 0.25) is 0 Å². The number of nitrogens with zero attached hydrogens (tertiary/aromatic N) is 1. The van der Waals surface area contributed by atoms with Crippen LogP contribution in [0.2, 0.25) is 0 Å². The second-order valence-electron chi connectivity index (χ2n) is 5.24. The van der Waals surface area contributed by atoms with Crippen molar-refractivity contribution in [3.63, 3.8) is 0 Å². The molecule has 5 heteroatoms. The van der Waals surface area contributed by atoms with Gasteiger partial charge in [-0.15, -0.1) is 0 Å². The second kappa shape index (κ2) is 5.60. The molecule has 0 N–H and O–H groups in total. The highest BCUT2D eigenvalue weighted by atomic mass is 16.5. The quantitative estimate of drug-likeness (QED) is 0.796. The van der Waals surface area contributed by atoms with Crippen LogP contribution >= 0.6 is 0 Å². The molecule has 110 valence electrons. The molecule has 1 aliphatic heterocycles. The van der Waals surface area contributed by atoms with Crippen molar-refractivity contribution in [2.75, 3.05) is 20.2 Å². The predicted molar refractivity (Wildman–Crippen MR) is 76.9 cm³/mol. The predicted octanol–water partition coefficient (Wildman–Crippen LogP) is 2.46. The molecule has 1 fully saturated rings. The fraction of sp³-hybridized carbons (Fsp3) is 0.375. The lowest BCUT2D eigenvalue weighted by Crippen LogP contribution is -2.40. The first-order chi connectivity index (χ1) is 10.2. The van der Waals surface area contributed by atoms with E-state index in [0.717, 1.165) is 5.39 Å². The number of esters is 1. The molecular weight excluding hydrogens is 270 g/mol. The van der Waals surface area contributed by atoms with E-state index in [4.69, 9.17) is 9.15 Å². The molecule has 3 rings (SSSR count). The lowest BCUT2D eigenvalue weighted by Gasteiger charge is -2.30. The van der Waals surface area contributed by atoms with Crippen LogP contribution < -0.4 is 0 Å². The largest absolute Gasteiger partial charge is 0.469 e. The van der Waals surface area contributed by atoms with Gasteiger partial charge in [0.1, 0.15) is 11.8 Å². The molecule has 1 amide bonds. The molecule has 0 saturated carbocycles. The van der Waals surface area contributed by atoms with Gasteiger partial charge in [0.25, 0.3) is 5.91 Å². The van der Waals surface area contributed by atoms with E-state index in [1.54, 1.807) is 4.90 Å². The minimum Gasteiger partial charge on any atom is -0.469 e. The number of rotatable bonds is 2. The van der Waals surface area contributed by atoms with E-state index in [2.05, 4.69) is 0 Å². The van der Waals surface area contributed by atoms with Crippen LogP contribution in [-0.4, -0.2) is 37.0 Å². The maximum Gasteiger partial charge on any atom is 0.308 e. The molecule has 2 heterocycles. The highest BCUT2D eigenvalue weighted by Crippen LogP contribution is 2.25. The average molecular weight is 287 g/mol. The van der Waals surface area contributed by atoms with Crippen molar-refractivity contribution in [2.24, 2.45) is 5.92 Å². The number of hydrogen-bond acceptors (Lipinski definition) is 4. The number of ether oxygens (including phenoxy) is 1. The number of benzene rings is 1. The van der Waals surface area contributed by atoms with Gasteiger partial charge in [-0.2, -0.15) is 0 Å². The van der Waals surface area contributed by atoms with Gasteiger partial charge < -0.3 is 14.1 Å². The molecule has 0 bridgehead atoms. The van der Waals surface area contributed by atoms with Gasteiger partial charge in [-0.3, -0.25) is 9.59 Å². The van der Waals surface area contributed by atoms with Crippen molar-refractivity contribution < 1.29 is 18.7 Å². The van der Waals surface area contributed by atoms with Crippen LogP contribution in [0.3, 0.4) is 0 Å². The van der Waals surface area contributed by atoms with E-state index < -0.39 is 0 Å². The SMILES string of the molecule is COC(=O)C1CCN(C(=O)c2coc3ccccc23)CC1. The normalized spacial score (nSPS) is 16.1. The maximum atomic E-state index is 12.6. The Hall–Kier alpha value is -2.30. The summed E-state index contributed by atoms with van der Waals surface area (Å²) in [5.74, 6) is -0.320. The van der Waals surface area contributed by atoms with E-state index in [1.165, 1.54) is 13.4 Å². The van der Waals surface area contributed by atoms with Crippen LogP contribution in [0.1, 0.15) is 23.2 Å². The van der Waals surface area contributed by atoms with Crippen LogP contribution in [-0.2, 0) is 9.53 Å². The molecule has 1 aromatic carbocycles. The first-order valence-corrected chi connectivity index (χ1v) is 7.04. The molecule has 5 nitrogen and oxygen atoms in total. The van der Waals surface area contributed by atoms with Gasteiger partial charge >= 0.3 is 5.97 Å². The molecule has 0 aliphatic carbocycles. The lowest BCUT2D eigenvalue weighted by molar-refractivity contribution is -0.146. The van der Waals surface area contributed by atoms with Gasteiger partial charge in [-0.1, -0.05) is 18.2 Å². The van der Waals surface area contributed by atoms with Gasteiger partial charge in [0, 0.05) is 18.5 Å². The minimum absolute atomic E-state index is 0.0386. The third-order valence-electron chi connectivity index (χ3n) is 4.03. The Labute approximate surface area is 122 Å². The Kier molecular flexibility index (Phi) is 3.64. The summed E-state index contributed by atoms with van der Waals surface area (Å²) in [6.07, 6.45) is 2.81. The maximum absolute atomic E-state index is 12.6. The summed E-state index contributed by atoms with van der Waals surface area (Å²) in [6, 6.07) is 7.49. The van der Waals surface area contributed by atoms with Gasteiger partial charge in [0.15, 0.2) is 0 Å². The number of hydrogen-bond donors (Lipinski definition) is 0. The summed E-state index contributed by atoms with van der Waals surface area (Å²) >= 11 is 0. The van der Waals surface area contributed by atoms with E-state index in [-0.39, 0.29) is 17.8 Å². The molecule has 0 radical (unpaired) electrons. The van der Waals surface area contributed by atoms with Crippen molar-refractivity contribution in [2.45, 2.75) is 12.8 Å². The fourth-order valence-electron chi connectivity index (χ4n) is 2.80. The molecule has 0 unspecified atom stereocenters. The Balaban J connectivity index is 1.74. The number of likely N-dealkylation sites (tertiary alicyclic amines) is 1. The summed E-state index contributed by atoms with van der Waals surface area (Å²) in [7, 11) is 1.40. The van der Waals surface area contributed by atoms with Gasteiger partial charge in [-0.05, 0) is 18.9 Å². The van der Waals surface area contributed by atoms with Crippen molar-refractivity contribution in [3.8, 4) is 0 Å². The van der Waals surface area contributed by atoms with E-state index in [9.17, 15) is 9.59 Å². The van der Waals surface area contributed by atoms with Crippen LogP contribution in [0.15, 0.2) is 34.9 Å². The number of piperidine rings is 1. The number of amides is 1. The number of para-hydroxylation sites is 1. The van der Waals surface area contributed by atoms with Crippen LogP contribution in [0, 0.1) is 5.92 Å². The smallest absolute Gasteiger partial charge is 0.308 e. The Bertz CT molecular complexity index is 668. The second-order valence-corrected chi connectivity index (χ2v) is 5.24. The standard InChI is InChI=1S/C16H17NO4/c1-20-16(19)11-6-8-17(9-7-11)15(18)13-10-21-14-5-3-2-4-12(13)14/h2-5,10-11H,6-9H2,1H3. The van der Waals surface area contributed by atoms with E-state index in [0.29, 0.717) is 37.1 Å². The topological polar surface area (TPSA) is 59.8 Å². The molecule has 1 aromatic heterocycles. The van der Waals surface area contributed by atoms with Crippen LogP contribution in [0.25, 0.3) is 11.0 Å². The summed E-state index contributed by atoms with van der Waals surface area (Å²) in [5.41, 5.74) is 1.30. The number of methoxy groups -OCH3 is 1. The Morgan fingerprint density at radius 1 is 1.24 bits per heavy atom. The summed E-state index contributed by atoms with van der Waals surface area (Å²) < 4.78 is 10.2. The molecule has 2 aromatic rings. The Morgan fingerprint density at radius 3 is 2.67 bits per heavy atom. The number of carbonyl (C=O) groups is 2. The van der Waals surface area contributed by atoms with Crippen LogP contribution in [0.5, 0.6) is 0 Å². The zero-order chi connectivity index (χ0) is 14.8. The molecule has 0 atom stereocenters. The van der Waals surface area contributed by atoms with Crippen molar-refractivity contribution in [3.05, 3.63) is 36.1 Å². The zero-order valence-electron chi connectivity index (χ0n) is 11.9. The average Bonchev–Trinajstić information content (AvgIpc) is 2.97. The zero-order valence-corrected chi connectivity index (χ0v) is 11.9. The third kappa shape index (κ3) is 2.51. The van der Waals surface area contributed by atoms with Gasteiger partial charge in [0.05, 0.1) is 18.6 Å². The number of fused-ring (bicyclic) bond motifs is 1. The van der Waals surface area contributed by atoms with Crippen molar-refractivity contribution in [1.82, 2.24) is 4.90 Å². The summed E-state index contributed by atoms with van der Waals surface area (Å²) in [6.45, 7) is 1.14. The molecule has 21 heavy (non-hydrogen) atoms. The third-order valence-corrected chi connectivity index (χ3v) is 4.03. The number of furan rings is 1. The van der Waals surface area contributed by atoms with Crippen molar-refractivity contribution in [1.29, 1.82) is 0 Å². The first-order valence-electron chi connectivity index (χ1n) is 7.04. The fourth-order valence-corrected chi connectivity index (χ4v) is 2.80. The molecule has 1 aliphatic rings. The molecule has 1 saturated heterocycles. The minimum atomic E-state index is -0.184. The van der Waals surface area contributed by atoms with Crippen molar-refractivity contribution >= 4 is 22.8 Å². The van der Waals surface area contributed by atoms with E-state index >= 15 is 0 Å². The highest BCUT2D eigenvalue weighted by Gasteiger charge is 2.29. The lowest BCUT2D eigenvalue weighted by atomic mass is 9.96.